The van der Waals surface area contributed by atoms with E-state index in [0.29, 0.717) is 0 Å². The summed E-state index contributed by atoms with van der Waals surface area (Å²) in [7, 11) is -0.288. The lowest BCUT2D eigenvalue weighted by atomic mass is 9.76. The summed E-state index contributed by atoms with van der Waals surface area (Å²) in [4.78, 5) is 3.89. The summed E-state index contributed by atoms with van der Waals surface area (Å²) >= 11 is 0. The van der Waals surface area contributed by atoms with Crippen molar-refractivity contribution in [3.8, 4) is 0 Å². The zero-order chi connectivity index (χ0) is 14.1. The zero-order valence-corrected chi connectivity index (χ0v) is 12.6. The van der Waals surface area contributed by atoms with Gasteiger partial charge in [0.15, 0.2) is 0 Å². The van der Waals surface area contributed by atoms with Crippen molar-refractivity contribution in [2.75, 3.05) is 0 Å². The van der Waals surface area contributed by atoms with Crippen molar-refractivity contribution in [1.29, 1.82) is 0 Å². The van der Waals surface area contributed by atoms with Gasteiger partial charge in [-0.1, -0.05) is 5.57 Å². The van der Waals surface area contributed by atoms with Crippen molar-refractivity contribution >= 4 is 13.8 Å². The zero-order valence-electron chi connectivity index (χ0n) is 12.6. The minimum absolute atomic E-state index is 0.288. The fourth-order valence-electron chi connectivity index (χ4n) is 1.68. The van der Waals surface area contributed by atoms with Crippen LogP contribution in [0.4, 0.5) is 0 Å². The Labute approximate surface area is 111 Å². The van der Waals surface area contributed by atoms with E-state index in [-0.39, 0.29) is 18.3 Å². The molecule has 1 saturated heterocycles. The van der Waals surface area contributed by atoms with Gasteiger partial charge in [-0.3, -0.25) is 4.99 Å². The van der Waals surface area contributed by atoms with Gasteiger partial charge in [0, 0.05) is 5.70 Å². The van der Waals surface area contributed by atoms with E-state index in [1.807, 2.05) is 26.8 Å². The minimum atomic E-state index is -0.297. The van der Waals surface area contributed by atoms with Gasteiger partial charge in [-0.15, -0.1) is 0 Å². The molecule has 4 heteroatoms. The molecule has 0 aliphatic carbocycles. The van der Waals surface area contributed by atoms with Gasteiger partial charge in [0.1, 0.15) is 0 Å². The lowest BCUT2D eigenvalue weighted by Gasteiger charge is -2.32. The van der Waals surface area contributed by atoms with Crippen molar-refractivity contribution in [1.82, 2.24) is 0 Å². The smallest absolute Gasteiger partial charge is 0.400 e. The first kappa shape index (κ1) is 15.2. The molecule has 18 heavy (non-hydrogen) atoms. The maximum Gasteiger partial charge on any atom is 0.490 e. The first-order chi connectivity index (χ1) is 8.10. The average Bonchev–Trinajstić information content (AvgIpc) is 2.46. The number of hydrogen-bond donors (Lipinski definition) is 0. The standard InChI is InChI=1S/C14H24BNO2/c1-10(9-11(2)16-8)12(3)15-17-13(4,5)14(6,7)18-15/h9H,8H2,1-7H3/b11-9-,12-10+. The van der Waals surface area contributed by atoms with E-state index in [1.54, 1.807) is 0 Å². The summed E-state index contributed by atoms with van der Waals surface area (Å²) in [5.74, 6) is 0. The molecule has 1 rings (SSSR count). The van der Waals surface area contributed by atoms with E-state index >= 15 is 0 Å². The summed E-state index contributed by atoms with van der Waals surface area (Å²) in [6.45, 7) is 17.7. The molecule has 1 heterocycles. The van der Waals surface area contributed by atoms with Crippen LogP contribution in [0, 0.1) is 0 Å². The predicted molar refractivity (Wildman–Crippen MR) is 77.8 cm³/mol. The van der Waals surface area contributed by atoms with E-state index in [0.717, 1.165) is 16.7 Å². The topological polar surface area (TPSA) is 30.8 Å². The van der Waals surface area contributed by atoms with Crippen LogP contribution in [0.2, 0.25) is 0 Å². The molecule has 1 aliphatic heterocycles. The van der Waals surface area contributed by atoms with Gasteiger partial charge in [-0.25, -0.2) is 0 Å². The summed E-state index contributed by atoms with van der Waals surface area (Å²) in [6, 6.07) is 0. The van der Waals surface area contributed by atoms with Gasteiger partial charge in [-0.2, -0.15) is 0 Å². The molecule has 1 fully saturated rings. The SMILES string of the molecule is C=N/C(C)=C\C(C)=C(/C)B1OC(C)(C)C(C)(C)O1. The summed E-state index contributed by atoms with van der Waals surface area (Å²) in [5.41, 5.74) is 2.49. The van der Waals surface area contributed by atoms with Gasteiger partial charge in [0.05, 0.1) is 11.2 Å². The first-order valence-corrected chi connectivity index (χ1v) is 6.29. The van der Waals surface area contributed by atoms with Crippen LogP contribution < -0.4 is 0 Å². The van der Waals surface area contributed by atoms with Crippen LogP contribution in [0.25, 0.3) is 0 Å². The minimum Gasteiger partial charge on any atom is -0.400 e. The molecule has 0 unspecified atom stereocenters. The molecule has 0 N–H and O–H groups in total. The molecule has 0 saturated carbocycles. The fraction of sp³-hybridized carbons (Fsp3) is 0.643. The molecule has 0 bridgehead atoms. The molecular formula is C14H24BNO2. The van der Waals surface area contributed by atoms with Crippen molar-refractivity contribution in [3.63, 3.8) is 0 Å². The second kappa shape index (κ2) is 5.02. The monoisotopic (exact) mass is 249 g/mol. The molecule has 0 atom stereocenters. The second-order valence-corrected chi connectivity index (χ2v) is 5.90. The van der Waals surface area contributed by atoms with Gasteiger partial charge in [0.2, 0.25) is 0 Å². The number of allylic oxidation sites excluding steroid dienone is 4. The van der Waals surface area contributed by atoms with E-state index < -0.39 is 0 Å². The Balaban J connectivity index is 2.98. The number of rotatable bonds is 3. The molecule has 0 aromatic heterocycles. The van der Waals surface area contributed by atoms with Gasteiger partial charge in [-0.05, 0) is 66.7 Å². The molecule has 0 aromatic rings. The average molecular weight is 249 g/mol. The highest BCUT2D eigenvalue weighted by Crippen LogP contribution is 2.38. The predicted octanol–water partition coefficient (Wildman–Crippen LogP) is 3.56. The highest BCUT2D eigenvalue weighted by atomic mass is 16.7. The summed E-state index contributed by atoms with van der Waals surface area (Å²) < 4.78 is 12.0. The Morgan fingerprint density at radius 3 is 1.89 bits per heavy atom. The van der Waals surface area contributed by atoms with Crippen molar-refractivity contribution < 1.29 is 9.31 Å². The molecule has 0 spiro atoms. The lowest BCUT2D eigenvalue weighted by Crippen LogP contribution is -2.41. The van der Waals surface area contributed by atoms with E-state index in [9.17, 15) is 0 Å². The van der Waals surface area contributed by atoms with Crippen LogP contribution in [0.3, 0.4) is 0 Å². The summed E-state index contributed by atoms with van der Waals surface area (Å²) in [5, 5.41) is 0. The Morgan fingerprint density at radius 1 is 1.06 bits per heavy atom. The summed E-state index contributed by atoms with van der Waals surface area (Å²) in [6.07, 6.45) is 1.99. The normalized spacial score (nSPS) is 23.9. The van der Waals surface area contributed by atoms with Crippen molar-refractivity contribution in [3.05, 3.63) is 22.8 Å². The van der Waals surface area contributed by atoms with E-state index in [2.05, 4.69) is 39.4 Å². The molecule has 0 amide bonds. The molecule has 3 nitrogen and oxygen atoms in total. The van der Waals surface area contributed by atoms with Crippen LogP contribution in [0.1, 0.15) is 48.5 Å². The van der Waals surface area contributed by atoms with Crippen LogP contribution >= 0.6 is 0 Å². The quantitative estimate of drug-likeness (QED) is 0.435. The molecular weight excluding hydrogens is 225 g/mol. The van der Waals surface area contributed by atoms with Gasteiger partial charge in [0.25, 0.3) is 0 Å². The Hall–Kier alpha value is -0.865. The van der Waals surface area contributed by atoms with Gasteiger partial charge >= 0.3 is 7.12 Å². The van der Waals surface area contributed by atoms with Crippen molar-refractivity contribution in [2.45, 2.75) is 59.7 Å². The maximum atomic E-state index is 6.01. The Bertz CT molecular complexity index is 392. The van der Waals surface area contributed by atoms with Gasteiger partial charge < -0.3 is 9.31 Å². The fourth-order valence-corrected chi connectivity index (χ4v) is 1.68. The third-order valence-electron chi connectivity index (χ3n) is 3.90. The van der Waals surface area contributed by atoms with Crippen LogP contribution in [-0.4, -0.2) is 25.0 Å². The third-order valence-corrected chi connectivity index (χ3v) is 3.90. The van der Waals surface area contributed by atoms with Crippen LogP contribution in [0.5, 0.6) is 0 Å². The highest BCUT2D eigenvalue weighted by molar-refractivity contribution is 6.54. The van der Waals surface area contributed by atoms with E-state index in [4.69, 9.17) is 9.31 Å². The highest BCUT2D eigenvalue weighted by Gasteiger charge is 2.51. The Kier molecular flexibility index (Phi) is 4.24. The lowest BCUT2D eigenvalue weighted by molar-refractivity contribution is 0.00578. The maximum absolute atomic E-state index is 6.01. The first-order valence-electron chi connectivity index (χ1n) is 6.29. The number of aliphatic imine (C=N–C) groups is 1. The van der Waals surface area contributed by atoms with Crippen LogP contribution in [0.15, 0.2) is 27.8 Å². The number of hydrogen-bond acceptors (Lipinski definition) is 3. The second-order valence-electron chi connectivity index (χ2n) is 5.90. The van der Waals surface area contributed by atoms with Crippen molar-refractivity contribution in [2.24, 2.45) is 4.99 Å². The largest absolute Gasteiger partial charge is 0.490 e. The molecule has 1 aliphatic rings. The number of nitrogens with zero attached hydrogens (tertiary/aromatic N) is 1. The molecule has 100 valence electrons. The third kappa shape index (κ3) is 2.93. The Morgan fingerprint density at radius 2 is 1.50 bits per heavy atom. The molecule has 0 aromatic carbocycles. The van der Waals surface area contributed by atoms with Crippen LogP contribution in [-0.2, 0) is 9.31 Å². The van der Waals surface area contributed by atoms with E-state index in [1.165, 1.54) is 0 Å². The molecule has 0 radical (unpaired) electrons.